The fraction of sp³-hybridized carbons (Fsp3) is 0.421. The number of aromatic nitrogens is 4. The van der Waals surface area contributed by atoms with E-state index in [9.17, 15) is 19.2 Å². The fourth-order valence-corrected chi connectivity index (χ4v) is 7.88. The van der Waals surface area contributed by atoms with Crippen LogP contribution < -0.4 is 11.1 Å². The van der Waals surface area contributed by atoms with Crippen LogP contribution in [-0.2, 0) is 19.1 Å². The summed E-state index contributed by atoms with van der Waals surface area (Å²) in [6.45, 7) is 2.89. The zero-order valence-electron chi connectivity index (χ0n) is 29.3. The fourth-order valence-electron chi connectivity index (χ4n) is 7.88. The minimum atomic E-state index is -0.837. The third-order valence-electron chi connectivity index (χ3n) is 10.5. The molecule has 1 saturated carbocycles. The summed E-state index contributed by atoms with van der Waals surface area (Å²) < 4.78 is 9.90. The Balaban J connectivity index is 0.988. The topological polar surface area (TPSA) is 189 Å². The van der Waals surface area contributed by atoms with Crippen molar-refractivity contribution in [3.05, 3.63) is 72.6 Å². The van der Waals surface area contributed by atoms with Crippen LogP contribution in [0.2, 0.25) is 0 Å². The Morgan fingerprint density at radius 2 is 1.29 bits per heavy atom. The number of H-pyrrole nitrogens is 2. The highest BCUT2D eigenvalue weighted by Crippen LogP contribution is 2.38. The van der Waals surface area contributed by atoms with E-state index < -0.39 is 24.3 Å². The molecule has 1 aliphatic carbocycles. The van der Waals surface area contributed by atoms with Gasteiger partial charge in [-0.3, -0.25) is 9.59 Å². The molecule has 0 bridgehead atoms. The number of amides is 4. The van der Waals surface area contributed by atoms with Gasteiger partial charge in [0.25, 0.3) is 0 Å². The molecule has 5 atom stereocenters. The van der Waals surface area contributed by atoms with Crippen LogP contribution in [0, 0.1) is 5.92 Å². The first-order valence-corrected chi connectivity index (χ1v) is 17.9. The number of hydrogen-bond donors (Lipinski definition) is 4. The predicted molar refractivity (Wildman–Crippen MR) is 191 cm³/mol. The normalized spacial score (nSPS) is 22.0. The van der Waals surface area contributed by atoms with Crippen LogP contribution in [0.15, 0.2) is 60.9 Å². The lowest BCUT2D eigenvalue weighted by Crippen LogP contribution is -2.46. The summed E-state index contributed by atoms with van der Waals surface area (Å²) in [5.41, 5.74) is 11.1. The van der Waals surface area contributed by atoms with Crippen LogP contribution in [0.25, 0.3) is 33.6 Å². The first-order valence-electron chi connectivity index (χ1n) is 17.9. The number of likely N-dealkylation sites (tertiary alicyclic amines) is 2. The molecule has 7 rings (SSSR count). The van der Waals surface area contributed by atoms with Crippen LogP contribution in [-0.4, -0.2) is 86.1 Å². The lowest BCUT2D eigenvalue weighted by atomic mass is 10.0. The Morgan fingerprint density at radius 1 is 0.769 bits per heavy atom. The van der Waals surface area contributed by atoms with Crippen molar-refractivity contribution in [3.8, 4) is 33.6 Å². The number of imidazole rings is 2. The maximum atomic E-state index is 13.5. The third-order valence-corrected chi connectivity index (χ3v) is 10.5. The van der Waals surface area contributed by atoms with Crippen molar-refractivity contribution >= 4 is 24.0 Å². The molecule has 3 fully saturated rings. The van der Waals surface area contributed by atoms with Crippen LogP contribution >= 0.6 is 0 Å². The van der Waals surface area contributed by atoms with Gasteiger partial charge in [-0.25, -0.2) is 19.6 Å². The summed E-state index contributed by atoms with van der Waals surface area (Å²) >= 11 is 0. The minimum Gasteiger partial charge on any atom is -0.453 e. The van der Waals surface area contributed by atoms with Gasteiger partial charge in [-0.2, -0.15) is 0 Å². The summed E-state index contributed by atoms with van der Waals surface area (Å²) in [5.74, 6) is 0.937. The van der Waals surface area contributed by atoms with Gasteiger partial charge in [0.15, 0.2) is 0 Å². The average molecular weight is 709 g/mol. The first kappa shape index (κ1) is 34.8. The molecule has 4 aromatic rings. The van der Waals surface area contributed by atoms with E-state index in [0.29, 0.717) is 25.9 Å². The second-order valence-corrected chi connectivity index (χ2v) is 13.8. The van der Waals surface area contributed by atoms with E-state index in [1.807, 2.05) is 23.2 Å². The first-order chi connectivity index (χ1) is 25.2. The Kier molecular flexibility index (Phi) is 9.97. The number of carbonyl (C=O) groups excluding carboxylic acids is 4. The van der Waals surface area contributed by atoms with E-state index in [1.165, 1.54) is 7.11 Å². The highest BCUT2D eigenvalue weighted by molar-refractivity contribution is 5.86. The monoisotopic (exact) mass is 708 g/mol. The molecule has 2 aromatic carbocycles. The molecule has 14 nitrogen and oxygen atoms in total. The largest absolute Gasteiger partial charge is 0.453 e. The summed E-state index contributed by atoms with van der Waals surface area (Å²) in [5, 5.41) is 2.56. The van der Waals surface area contributed by atoms with E-state index in [0.717, 1.165) is 77.4 Å². The highest BCUT2D eigenvalue weighted by Gasteiger charge is 2.42. The van der Waals surface area contributed by atoms with Gasteiger partial charge in [-0.15, -0.1) is 0 Å². The van der Waals surface area contributed by atoms with Crippen LogP contribution in [0.4, 0.5) is 9.59 Å². The molecule has 2 aliphatic heterocycles. The molecule has 2 unspecified atom stereocenters. The second kappa shape index (κ2) is 14.9. The van der Waals surface area contributed by atoms with Gasteiger partial charge < -0.3 is 40.3 Å². The summed E-state index contributed by atoms with van der Waals surface area (Å²) in [6.07, 6.45) is 7.16. The number of hydrogen-bond acceptors (Lipinski definition) is 8. The zero-order valence-corrected chi connectivity index (χ0v) is 29.3. The lowest BCUT2D eigenvalue weighted by molar-refractivity contribution is -0.139. The number of nitrogens with one attached hydrogen (secondary N) is 3. The van der Waals surface area contributed by atoms with Crippen molar-refractivity contribution < 1.29 is 28.7 Å². The zero-order chi connectivity index (χ0) is 36.4. The summed E-state index contributed by atoms with van der Waals surface area (Å²) in [7, 11) is 1.27. The predicted octanol–water partition coefficient (Wildman–Crippen LogP) is 5.47. The maximum Gasteiger partial charge on any atom is 0.407 e. The number of primary amides is 1. The molecule has 0 radical (unpaired) electrons. The SMILES string of the molecule is COC(=O)N[C@@H](C)C(=O)N1CCCC1c1ncc(-c2ccc(-c3ccc(-c4cnc(C5CCCN5C(=O)[C@H]5CCC[C@@H]5OC(N)=O)[nH]4)cc3)cc2)[nH]1. The lowest BCUT2D eigenvalue weighted by Gasteiger charge is -2.28. The number of alkyl carbamates (subject to hydrolysis) is 1. The molecule has 3 aliphatic rings. The molecule has 2 saturated heterocycles. The Labute approximate surface area is 301 Å². The van der Waals surface area contributed by atoms with E-state index in [4.69, 9.17) is 10.5 Å². The van der Waals surface area contributed by atoms with Crippen molar-refractivity contribution in [1.82, 2.24) is 35.1 Å². The van der Waals surface area contributed by atoms with Crippen molar-refractivity contribution in [2.75, 3.05) is 20.2 Å². The van der Waals surface area contributed by atoms with E-state index >= 15 is 0 Å². The van der Waals surface area contributed by atoms with Gasteiger partial charge >= 0.3 is 12.2 Å². The second-order valence-electron chi connectivity index (χ2n) is 13.8. The van der Waals surface area contributed by atoms with Crippen molar-refractivity contribution in [3.63, 3.8) is 0 Å². The molecule has 4 heterocycles. The standard InChI is InChI=1S/C38H44N8O6/c1-22(42-38(50)51-2)35(47)45-18-4-7-30(45)33-40-20-28(43-33)25-14-10-23(11-15-25)24-12-16-26(17-13-24)29-21-41-34(44-29)31-8-5-19-46(31)36(48)27-6-3-9-32(27)52-37(39)49/h10-17,20-22,27,30-32H,3-9,18-19H2,1-2H3,(H2,39,49)(H,40,43)(H,41,44)(H,42,50)/t22-,27-,30?,31?,32-/m0/s1. The average Bonchev–Trinajstić information content (AvgIpc) is 4.00. The number of benzene rings is 2. The van der Waals surface area contributed by atoms with E-state index in [1.54, 1.807) is 18.0 Å². The van der Waals surface area contributed by atoms with Crippen LogP contribution in [0.3, 0.4) is 0 Å². The molecular weight excluding hydrogens is 664 g/mol. The highest BCUT2D eigenvalue weighted by atomic mass is 16.6. The van der Waals surface area contributed by atoms with Gasteiger partial charge in [0, 0.05) is 13.1 Å². The molecule has 5 N–H and O–H groups in total. The molecule has 0 spiro atoms. The number of nitrogens with zero attached hydrogens (tertiary/aromatic N) is 4. The van der Waals surface area contributed by atoms with E-state index in [2.05, 4.69) is 66.4 Å². The Morgan fingerprint density at radius 3 is 1.83 bits per heavy atom. The van der Waals surface area contributed by atoms with Gasteiger partial charge in [0.2, 0.25) is 11.8 Å². The van der Waals surface area contributed by atoms with Crippen molar-refractivity contribution in [2.24, 2.45) is 11.7 Å². The summed E-state index contributed by atoms with van der Waals surface area (Å²) in [4.78, 5) is 69.4. The van der Waals surface area contributed by atoms with Crippen molar-refractivity contribution in [1.29, 1.82) is 0 Å². The van der Waals surface area contributed by atoms with Gasteiger partial charge in [-0.1, -0.05) is 48.5 Å². The molecule has 272 valence electrons. The quantitative estimate of drug-likeness (QED) is 0.176. The van der Waals surface area contributed by atoms with Crippen molar-refractivity contribution in [2.45, 2.75) is 76.1 Å². The summed E-state index contributed by atoms with van der Waals surface area (Å²) in [6, 6.07) is 15.4. The Bertz CT molecular complexity index is 1920. The molecular formula is C38H44N8O6. The third kappa shape index (κ3) is 7.10. The van der Waals surface area contributed by atoms with Gasteiger partial charge in [-0.05, 0) is 74.1 Å². The minimum absolute atomic E-state index is 0.000923. The number of ether oxygens (including phenoxy) is 2. The van der Waals surface area contributed by atoms with E-state index in [-0.39, 0.29) is 29.8 Å². The van der Waals surface area contributed by atoms with Gasteiger partial charge in [0.05, 0.1) is 48.9 Å². The van der Waals surface area contributed by atoms with Gasteiger partial charge in [0.1, 0.15) is 23.8 Å². The number of aromatic amines is 2. The number of rotatable bonds is 9. The molecule has 14 heteroatoms. The smallest absolute Gasteiger partial charge is 0.407 e. The maximum absolute atomic E-state index is 13.5. The molecule has 4 amide bonds. The number of methoxy groups -OCH3 is 1. The number of nitrogens with two attached hydrogens (primary N) is 1. The number of carbonyl (C=O) groups is 4. The molecule has 52 heavy (non-hydrogen) atoms. The molecule has 2 aromatic heterocycles. The van der Waals surface area contributed by atoms with Crippen LogP contribution in [0.5, 0.6) is 0 Å². The Hall–Kier alpha value is -5.66. The van der Waals surface area contributed by atoms with Crippen LogP contribution in [0.1, 0.15) is 75.6 Å².